The standard InChI is InChI=1S/C26H33N5O3S/c1-3-34-22-11-9-21(10-12-22)31-25(33)23(19-24(32)27-20-7-5-4-6-8-20)30(26(31)35)18-17-29-15-13-28(2)14-16-29/h4-12,23H,3,13-19H2,1-2H3,(H,27,32)/t23-/m1/s1. The Balaban J connectivity index is 1.50. The summed E-state index contributed by atoms with van der Waals surface area (Å²) in [5, 5.41) is 3.34. The Morgan fingerprint density at radius 1 is 1.03 bits per heavy atom. The van der Waals surface area contributed by atoms with Crippen molar-refractivity contribution >= 4 is 40.5 Å². The lowest BCUT2D eigenvalue weighted by Gasteiger charge is -2.34. The highest BCUT2D eigenvalue weighted by atomic mass is 32.1. The number of likely N-dealkylation sites (N-methyl/N-ethyl adjacent to an activating group) is 1. The summed E-state index contributed by atoms with van der Waals surface area (Å²) >= 11 is 5.79. The number of nitrogens with one attached hydrogen (secondary N) is 1. The van der Waals surface area contributed by atoms with E-state index in [0.717, 1.165) is 38.5 Å². The topological polar surface area (TPSA) is 68.4 Å². The van der Waals surface area contributed by atoms with Crippen LogP contribution in [0.5, 0.6) is 5.75 Å². The van der Waals surface area contributed by atoms with Gasteiger partial charge in [0.05, 0.1) is 18.7 Å². The molecule has 2 saturated heterocycles. The number of carbonyl (C=O) groups is 2. The summed E-state index contributed by atoms with van der Waals surface area (Å²) in [5.41, 5.74) is 1.39. The molecule has 2 aromatic carbocycles. The summed E-state index contributed by atoms with van der Waals surface area (Å²) in [5.74, 6) is 0.343. The molecule has 1 atom stereocenters. The largest absolute Gasteiger partial charge is 0.494 e. The van der Waals surface area contributed by atoms with Crippen molar-refractivity contribution < 1.29 is 14.3 Å². The van der Waals surface area contributed by atoms with E-state index in [0.29, 0.717) is 29.6 Å². The van der Waals surface area contributed by atoms with Gasteiger partial charge in [-0.25, -0.2) is 0 Å². The maximum atomic E-state index is 13.6. The van der Waals surface area contributed by atoms with Gasteiger partial charge in [-0.1, -0.05) is 18.2 Å². The molecule has 2 aliphatic heterocycles. The lowest BCUT2D eigenvalue weighted by Crippen LogP contribution is -2.48. The Labute approximate surface area is 212 Å². The average molecular weight is 496 g/mol. The van der Waals surface area contributed by atoms with Crippen molar-refractivity contribution in [3.05, 3.63) is 54.6 Å². The fourth-order valence-corrected chi connectivity index (χ4v) is 4.83. The van der Waals surface area contributed by atoms with Crippen molar-refractivity contribution in [3.8, 4) is 5.75 Å². The third kappa shape index (κ3) is 6.17. The van der Waals surface area contributed by atoms with Gasteiger partial charge in [0.25, 0.3) is 5.91 Å². The molecular weight excluding hydrogens is 462 g/mol. The Hall–Kier alpha value is -3.01. The molecule has 0 radical (unpaired) electrons. The van der Waals surface area contributed by atoms with E-state index in [1.807, 2.05) is 66.4 Å². The maximum absolute atomic E-state index is 13.6. The quantitative estimate of drug-likeness (QED) is 0.537. The number of thiocarbonyl (C=S) groups is 1. The molecule has 35 heavy (non-hydrogen) atoms. The Morgan fingerprint density at radius 2 is 1.71 bits per heavy atom. The minimum atomic E-state index is -0.648. The molecule has 0 bridgehead atoms. The Bertz CT molecular complexity index is 1030. The van der Waals surface area contributed by atoms with Gasteiger partial charge >= 0.3 is 0 Å². The Kier molecular flexibility index (Phi) is 8.33. The van der Waals surface area contributed by atoms with Crippen LogP contribution in [-0.4, -0.2) is 90.6 Å². The molecule has 4 rings (SSSR count). The number of hydrogen-bond donors (Lipinski definition) is 1. The second-order valence-corrected chi connectivity index (χ2v) is 9.22. The lowest BCUT2D eigenvalue weighted by molar-refractivity contribution is -0.124. The summed E-state index contributed by atoms with van der Waals surface area (Å²) in [6.07, 6.45) is 0.0319. The summed E-state index contributed by atoms with van der Waals surface area (Å²) in [6, 6.07) is 16.0. The van der Waals surface area contributed by atoms with E-state index in [1.165, 1.54) is 0 Å². The van der Waals surface area contributed by atoms with Crippen molar-refractivity contribution in [2.75, 3.05) is 63.1 Å². The second-order valence-electron chi connectivity index (χ2n) is 8.86. The highest BCUT2D eigenvalue weighted by molar-refractivity contribution is 7.80. The molecule has 0 aliphatic carbocycles. The average Bonchev–Trinajstić information content (AvgIpc) is 3.08. The van der Waals surface area contributed by atoms with E-state index in [-0.39, 0.29) is 18.2 Å². The fourth-order valence-electron chi connectivity index (χ4n) is 4.41. The van der Waals surface area contributed by atoms with Crippen molar-refractivity contribution in [1.82, 2.24) is 14.7 Å². The molecule has 2 amide bonds. The molecule has 1 N–H and O–H groups in total. The normalized spacial score (nSPS) is 19.3. The summed E-state index contributed by atoms with van der Waals surface area (Å²) in [4.78, 5) is 34.6. The molecule has 8 nitrogen and oxygen atoms in total. The summed E-state index contributed by atoms with van der Waals surface area (Å²) < 4.78 is 5.53. The van der Waals surface area contributed by atoms with Gasteiger partial charge < -0.3 is 19.9 Å². The minimum absolute atomic E-state index is 0.0319. The lowest BCUT2D eigenvalue weighted by atomic mass is 10.1. The van der Waals surface area contributed by atoms with Crippen molar-refractivity contribution in [3.63, 3.8) is 0 Å². The van der Waals surface area contributed by atoms with Crippen molar-refractivity contribution in [2.24, 2.45) is 0 Å². The summed E-state index contributed by atoms with van der Waals surface area (Å²) in [7, 11) is 2.13. The highest BCUT2D eigenvalue weighted by Crippen LogP contribution is 2.29. The van der Waals surface area contributed by atoms with Crippen LogP contribution in [0.25, 0.3) is 0 Å². The number of carbonyl (C=O) groups excluding carboxylic acids is 2. The molecule has 0 aromatic heterocycles. The van der Waals surface area contributed by atoms with Gasteiger partial charge in [-0.15, -0.1) is 0 Å². The van der Waals surface area contributed by atoms with Crippen molar-refractivity contribution in [1.29, 1.82) is 0 Å². The smallest absolute Gasteiger partial charge is 0.256 e. The number of anilines is 2. The molecule has 2 heterocycles. The second kappa shape index (κ2) is 11.6. The van der Waals surface area contributed by atoms with Crippen LogP contribution >= 0.6 is 12.2 Å². The van der Waals surface area contributed by atoms with E-state index in [1.54, 1.807) is 4.90 Å². The van der Waals surface area contributed by atoms with Crippen LogP contribution in [0.2, 0.25) is 0 Å². The SMILES string of the molecule is CCOc1ccc(N2C(=O)[C@@H](CC(=O)Nc3ccccc3)N(CCN3CCN(C)CC3)C2=S)cc1. The first-order chi connectivity index (χ1) is 17.0. The monoisotopic (exact) mass is 495 g/mol. The molecule has 9 heteroatoms. The van der Waals surface area contributed by atoms with Crippen LogP contribution in [0.4, 0.5) is 11.4 Å². The summed E-state index contributed by atoms with van der Waals surface area (Å²) in [6.45, 7) is 7.87. The molecule has 186 valence electrons. The van der Waals surface area contributed by atoms with Gasteiger partial charge in [0.15, 0.2) is 5.11 Å². The molecule has 2 aliphatic rings. The van der Waals surface area contributed by atoms with Gasteiger partial charge in [0, 0.05) is 45.0 Å². The Morgan fingerprint density at radius 3 is 2.37 bits per heavy atom. The molecule has 0 spiro atoms. The van der Waals surface area contributed by atoms with E-state index in [4.69, 9.17) is 17.0 Å². The zero-order valence-corrected chi connectivity index (χ0v) is 21.2. The number of amides is 2. The predicted octanol–water partition coefficient (Wildman–Crippen LogP) is 2.66. The first-order valence-electron chi connectivity index (χ1n) is 12.1. The third-order valence-corrected chi connectivity index (χ3v) is 6.83. The zero-order valence-electron chi connectivity index (χ0n) is 20.4. The fraction of sp³-hybridized carbons (Fsp3) is 0.423. The van der Waals surface area contributed by atoms with Crippen LogP contribution in [0.15, 0.2) is 54.6 Å². The van der Waals surface area contributed by atoms with E-state index >= 15 is 0 Å². The van der Waals surface area contributed by atoms with Gasteiger partial charge in [-0.3, -0.25) is 19.4 Å². The predicted molar refractivity (Wildman–Crippen MR) is 142 cm³/mol. The number of rotatable bonds is 9. The number of para-hydroxylation sites is 1. The minimum Gasteiger partial charge on any atom is -0.494 e. The number of hydrogen-bond acceptors (Lipinski definition) is 6. The molecular formula is C26H33N5O3S. The van der Waals surface area contributed by atoms with E-state index in [2.05, 4.69) is 22.2 Å². The van der Waals surface area contributed by atoms with Gasteiger partial charge in [-0.2, -0.15) is 0 Å². The van der Waals surface area contributed by atoms with Crippen LogP contribution in [-0.2, 0) is 9.59 Å². The number of ether oxygens (including phenoxy) is 1. The maximum Gasteiger partial charge on any atom is 0.256 e. The first kappa shape index (κ1) is 25.1. The highest BCUT2D eigenvalue weighted by Gasteiger charge is 2.44. The van der Waals surface area contributed by atoms with Crippen LogP contribution in [0.3, 0.4) is 0 Å². The van der Waals surface area contributed by atoms with Gasteiger partial charge in [0.1, 0.15) is 11.8 Å². The molecule has 2 aromatic rings. The van der Waals surface area contributed by atoms with Gasteiger partial charge in [-0.05, 0) is 62.6 Å². The molecule has 0 saturated carbocycles. The number of benzene rings is 2. The zero-order chi connectivity index (χ0) is 24.8. The third-order valence-electron chi connectivity index (χ3n) is 6.41. The molecule has 2 fully saturated rings. The van der Waals surface area contributed by atoms with E-state index in [9.17, 15) is 9.59 Å². The van der Waals surface area contributed by atoms with Crippen LogP contribution < -0.4 is 15.0 Å². The first-order valence-corrected chi connectivity index (χ1v) is 12.5. The van der Waals surface area contributed by atoms with Crippen molar-refractivity contribution in [2.45, 2.75) is 19.4 Å². The van der Waals surface area contributed by atoms with Crippen LogP contribution in [0, 0.1) is 0 Å². The van der Waals surface area contributed by atoms with Crippen LogP contribution in [0.1, 0.15) is 13.3 Å². The van der Waals surface area contributed by atoms with E-state index < -0.39 is 6.04 Å². The van der Waals surface area contributed by atoms with Gasteiger partial charge in [0.2, 0.25) is 5.91 Å². The molecule has 0 unspecified atom stereocenters. The number of piperazine rings is 1. The number of nitrogens with zero attached hydrogens (tertiary/aromatic N) is 4.